The van der Waals surface area contributed by atoms with E-state index in [1.807, 2.05) is 18.2 Å². The summed E-state index contributed by atoms with van der Waals surface area (Å²) >= 11 is 0. The number of hydrogen-bond acceptors (Lipinski definition) is 4. The number of nitrogens with one attached hydrogen (secondary N) is 1. The standard InChI is InChI=1S/C19H17NO4/c1-24-18-13-14(8-12-19(22)20-23)7-9-16(18)10-11-17(21)15-5-3-2-4-6-15/h2-13,23H,1H3,(H,20,22). The molecular formula is C19H17NO4. The first-order valence-electron chi connectivity index (χ1n) is 7.21. The van der Waals surface area contributed by atoms with Gasteiger partial charge in [0.15, 0.2) is 5.78 Å². The summed E-state index contributed by atoms with van der Waals surface area (Å²) in [4.78, 5) is 23.1. The summed E-state index contributed by atoms with van der Waals surface area (Å²) in [6.45, 7) is 0. The maximum absolute atomic E-state index is 12.1. The molecule has 2 rings (SSSR count). The predicted molar refractivity (Wildman–Crippen MR) is 91.8 cm³/mol. The van der Waals surface area contributed by atoms with Crippen LogP contribution in [0.15, 0.2) is 60.7 Å². The highest BCUT2D eigenvalue weighted by Crippen LogP contribution is 2.22. The lowest BCUT2D eigenvalue weighted by Crippen LogP contribution is -2.14. The highest BCUT2D eigenvalue weighted by molar-refractivity contribution is 6.06. The molecular weight excluding hydrogens is 306 g/mol. The van der Waals surface area contributed by atoms with E-state index in [4.69, 9.17) is 9.94 Å². The van der Waals surface area contributed by atoms with Crippen molar-refractivity contribution in [3.05, 3.63) is 77.4 Å². The summed E-state index contributed by atoms with van der Waals surface area (Å²) in [6.07, 6.45) is 5.91. The van der Waals surface area contributed by atoms with Crippen LogP contribution in [0.2, 0.25) is 0 Å². The predicted octanol–water partition coefficient (Wildman–Crippen LogP) is 3.11. The van der Waals surface area contributed by atoms with E-state index >= 15 is 0 Å². The number of ether oxygens (including phenoxy) is 1. The number of carbonyl (C=O) groups excluding carboxylic acids is 2. The van der Waals surface area contributed by atoms with Gasteiger partial charge in [0.05, 0.1) is 7.11 Å². The Morgan fingerprint density at radius 1 is 1.04 bits per heavy atom. The number of ketones is 1. The van der Waals surface area contributed by atoms with Crippen LogP contribution in [0.25, 0.3) is 12.2 Å². The number of carbonyl (C=O) groups is 2. The molecule has 0 aromatic heterocycles. The van der Waals surface area contributed by atoms with E-state index in [0.29, 0.717) is 11.3 Å². The van der Waals surface area contributed by atoms with Gasteiger partial charge in [-0.2, -0.15) is 0 Å². The average Bonchev–Trinajstić information content (AvgIpc) is 2.64. The van der Waals surface area contributed by atoms with Crippen LogP contribution in [0, 0.1) is 0 Å². The summed E-state index contributed by atoms with van der Waals surface area (Å²) in [6, 6.07) is 14.3. The first kappa shape index (κ1) is 17.2. The van der Waals surface area contributed by atoms with Gasteiger partial charge < -0.3 is 4.74 Å². The number of rotatable bonds is 6. The smallest absolute Gasteiger partial charge is 0.267 e. The van der Waals surface area contributed by atoms with Gasteiger partial charge in [0.2, 0.25) is 0 Å². The second-order valence-electron chi connectivity index (χ2n) is 4.87. The Kier molecular flexibility index (Phi) is 6.05. The van der Waals surface area contributed by atoms with E-state index in [1.165, 1.54) is 30.8 Å². The van der Waals surface area contributed by atoms with Crippen LogP contribution in [0.4, 0.5) is 0 Å². The Morgan fingerprint density at radius 2 is 1.79 bits per heavy atom. The molecule has 122 valence electrons. The third kappa shape index (κ3) is 4.66. The third-order valence-electron chi connectivity index (χ3n) is 3.27. The van der Waals surface area contributed by atoms with E-state index in [2.05, 4.69) is 0 Å². The van der Waals surface area contributed by atoms with E-state index in [0.717, 1.165) is 11.1 Å². The number of benzene rings is 2. The fraction of sp³-hybridized carbons (Fsp3) is 0.0526. The maximum Gasteiger partial charge on any atom is 0.267 e. The molecule has 0 unspecified atom stereocenters. The molecule has 0 bridgehead atoms. The lowest BCUT2D eigenvalue weighted by atomic mass is 10.1. The van der Waals surface area contributed by atoms with Gasteiger partial charge >= 0.3 is 0 Å². The fourth-order valence-electron chi connectivity index (χ4n) is 2.04. The van der Waals surface area contributed by atoms with Crippen LogP contribution in [0.3, 0.4) is 0 Å². The van der Waals surface area contributed by atoms with Crippen LogP contribution in [-0.2, 0) is 4.79 Å². The first-order valence-corrected chi connectivity index (χ1v) is 7.21. The van der Waals surface area contributed by atoms with Gasteiger partial charge in [0, 0.05) is 17.2 Å². The molecule has 5 nitrogen and oxygen atoms in total. The van der Waals surface area contributed by atoms with E-state index in [1.54, 1.807) is 36.4 Å². The zero-order valence-corrected chi connectivity index (χ0v) is 13.1. The van der Waals surface area contributed by atoms with Crippen molar-refractivity contribution in [3.63, 3.8) is 0 Å². The molecule has 2 N–H and O–H groups in total. The minimum absolute atomic E-state index is 0.0961. The molecule has 24 heavy (non-hydrogen) atoms. The lowest BCUT2D eigenvalue weighted by molar-refractivity contribution is -0.124. The molecule has 0 spiro atoms. The topological polar surface area (TPSA) is 75.6 Å². The Morgan fingerprint density at radius 3 is 2.46 bits per heavy atom. The van der Waals surface area contributed by atoms with Crippen LogP contribution < -0.4 is 10.2 Å². The normalized spacial score (nSPS) is 10.9. The molecule has 0 aliphatic heterocycles. The fourth-order valence-corrected chi connectivity index (χ4v) is 2.04. The van der Waals surface area contributed by atoms with Crippen LogP contribution >= 0.6 is 0 Å². The van der Waals surface area contributed by atoms with Crippen molar-refractivity contribution >= 4 is 23.8 Å². The van der Waals surface area contributed by atoms with Gasteiger partial charge in [-0.15, -0.1) is 0 Å². The second-order valence-corrected chi connectivity index (χ2v) is 4.87. The number of hydrogen-bond donors (Lipinski definition) is 2. The van der Waals surface area contributed by atoms with Crippen molar-refractivity contribution in [2.24, 2.45) is 0 Å². The van der Waals surface area contributed by atoms with Crippen molar-refractivity contribution in [1.29, 1.82) is 0 Å². The van der Waals surface area contributed by atoms with Gasteiger partial charge in [-0.25, -0.2) is 5.48 Å². The summed E-state index contributed by atoms with van der Waals surface area (Å²) in [5.74, 6) is -0.147. The molecule has 5 heteroatoms. The molecule has 1 amide bonds. The van der Waals surface area contributed by atoms with Crippen molar-refractivity contribution in [2.45, 2.75) is 0 Å². The summed E-state index contributed by atoms with van der Waals surface area (Å²) < 4.78 is 5.31. The molecule has 0 heterocycles. The number of allylic oxidation sites excluding steroid dienone is 1. The first-order chi connectivity index (χ1) is 11.6. The Bertz CT molecular complexity index is 779. The molecule has 0 fully saturated rings. The maximum atomic E-state index is 12.1. The van der Waals surface area contributed by atoms with Crippen molar-refractivity contribution in [2.75, 3.05) is 7.11 Å². The van der Waals surface area contributed by atoms with Crippen LogP contribution in [-0.4, -0.2) is 24.0 Å². The molecule has 0 radical (unpaired) electrons. The summed E-state index contributed by atoms with van der Waals surface area (Å²) in [7, 11) is 1.53. The average molecular weight is 323 g/mol. The molecule has 0 aliphatic rings. The third-order valence-corrected chi connectivity index (χ3v) is 3.27. The van der Waals surface area contributed by atoms with Gasteiger partial charge in [0.25, 0.3) is 5.91 Å². The van der Waals surface area contributed by atoms with Crippen LogP contribution in [0.5, 0.6) is 5.75 Å². The monoisotopic (exact) mass is 323 g/mol. The Labute approximate surface area is 139 Å². The van der Waals surface area contributed by atoms with Gasteiger partial charge in [0.1, 0.15) is 5.75 Å². The Hall–Kier alpha value is -3.18. The van der Waals surface area contributed by atoms with E-state index in [9.17, 15) is 9.59 Å². The molecule has 0 saturated carbocycles. The molecule has 0 atom stereocenters. The van der Waals surface area contributed by atoms with Gasteiger partial charge in [-0.3, -0.25) is 14.8 Å². The van der Waals surface area contributed by atoms with Crippen molar-refractivity contribution in [3.8, 4) is 5.75 Å². The minimum Gasteiger partial charge on any atom is -0.496 e. The lowest BCUT2D eigenvalue weighted by Gasteiger charge is -2.06. The number of hydroxylamine groups is 1. The highest BCUT2D eigenvalue weighted by atomic mass is 16.5. The Balaban J connectivity index is 2.18. The quantitative estimate of drug-likeness (QED) is 0.371. The summed E-state index contributed by atoms with van der Waals surface area (Å²) in [5.41, 5.74) is 3.60. The van der Waals surface area contributed by atoms with E-state index in [-0.39, 0.29) is 5.78 Å². The number of amides is 1. The van der Waals surface area contributed by atoms with E-state index < -0.39 is 5.91 Å². The highest BCUT2D eigenvalue weighted by Gasteiger charge is 2.04. The van der Waals surface area contributed by atoms with Crippen molar-refractivity contribution < 1.29 is 19.5 Å². The van der Waals surface area contributed by atoms with Gasteiger partial charge in [-0.1, -0.05) is 42.5 Å². The van der Waals surface area contributed by atoms with Gasteiger partial charge in [-0.05, 0) is 29.9 Å². The zero-order valence-electron chi connectivity index (χ0n) is 13.1. The minimum atomic E-state index is -0.619. The second kappa shape index (κ2) is 8.45. The van der Waals surface area contributed by atoms with Crippen molar-refractivity contribution in [1.82, 2.24) is 5.48 Å². The SMILES string of the molecule is COc1cc(C=CC(=O)NO)ccc1C=CC(=O)c1ccccc1. The molecule has 0 aliphatic carbocycles. The largest absolute Gasteiger partial charge is 0.496 e. The molecule has 2 aromatic rings. The zero-order chi connectivity index (χ0) is 17.4. The number of methoxy groups -OCH3 is 1. The molecule has 0 saturated heterocycles. The molecule has 2 aromatic carbocycles. The van der Waals surface area contributed by atoms with Crippen LogP contribution in [0.1, 0.15) is 21.5 Å². The summed E-state index contributed by atoms with van der Waals surface area (Å²) in [5, 5.41) is 8.46.